The summed E-state index contributed by atoms with van der Waals surface area (Å²) in [5.41, 5.74) is 0. The van der Waals surface area contributed by atoms with Gasteiger partial charge in [0.2, 0.25) is 0 Å². The first-order valence-corrected chi connectivity index (χ1v) is 6.31. The third kappa shape index (κ3) is 3.15. The molecule has 0 bridgehead atoms. The highest BCUT2D eigenvalue weighted by Crippen LogP contribution is 2.34. The molecule has 0 N–H and O–H groups in total. The molecule has 0 aromatic rings. The van der Waals surface area contributed by atoms with Crippen molar-refractivity contribution < 1.29 is 9.47 Å². The molecule has 2 fully saturated rings. The molecule has 2 rings (SSSR count). The van der Waals surface area contributed by atoms with Crippen LogP contribution >= 0.6 is 0 Å². The fraction of sp³-hybridized carbons (Fsp3) is 0.846. The van der Waals surface area contributed by atoms with Crippen LogP contribution in [0.15, 0.2) is 12.5 Å². The zero-order chi connectivity index (χ0) is 10.5. The Morgan fingerprint density at radius 3 is 1.93 bits per heavy atom. The summed E-state index contributed by atoms with van der Waals surface area (Å²) >= 11 is 0. The van der Waals surface area contributed by atoms with Crippen molar-refractivity contribution in [2.45, 2.75) is 44.9 Å². The Kier molecular flexibility index (Phi) is 3.93. The smallest absolute Gasteiger partial charge is 0.271 e. The van der Waals surface area contributed by atoms with Crippen molar-refractivity contribution in [2.75, 3.05) is 13.2 Å². The molecule has 1 aliphatic heterocycles. The number of hydrogen-bond acceptors (Lipinski definition) is 2. The summed E-state index contributed by atoms with van der Waals surface area (Å²) in [6.07, 6.45) is 9.51. The van der Waals surface area contributed by atoms with Crippen LogP contribution in [0.25, 0.3) is 0 Å². The van der Waals surface area contributed by atoms with Gasteiger partial charge in [0.05, 0.1) is 13.2 Å². The molecular weight excluding hydrogens is 188 g/mol. The molecule has 15 heavy (non-hydrogen) atoms. The van der Waals surface area contributed by atoms with Crippen LogP contribution in [0, 0.1) is 11.8 Å². The van der Waals surface area contributed by atoms with Gasteiger partial charge in [-0.1, -0.05) is 32.1 Å². The van der Waals surface area contributed by atoms with Gasteiger partial charge in [-0.25, -0.2) is 0 Å². The molecule has 2 aliphatic rings. The maximum atomic E-state index is 5.39. The molecule has 1 saturated carbocycles. The van der Waals surface area contributed by atoms with Gasteiger partial charge < -0.3 is 9.47 Å². The molecule has 2 nitrogen and oxygen atoms in total. The average Bonchev–Trinajstić information content (AvgIpc) is 2.24. The fourth-order valence-corrected chi connectivity index (χ4v) is 2.91. The van der Waals surface area contributed by atoms with Gasteiger partial charge in [0, 0.05) is 0 Å². The van der Waals surface area contributed by atoms with Crippen LogP contribution in [-0.2, 0) is 9.47 Å². The van der Waals surface area contributed by atoms with Crippen LogP contribution in [0.3, 0.4) is 0 Å². The fourth-order valence-electron chi connectivity index (χ4n) is 2.91. The summed E-state index contributed by atoms with van der Waals surface area (Å²) in [6.45, 7) is 5.29. The lowest BCUT2D eigenvalue weighted by Crippen LogP contribution is -2.23. The van der Waals surface area contributed by atoms with Crippen molar-refractivity contribution in [3.8, 4) is 0 Å². The number of hydrogen-bond donors (Lipinski definition) is 0. The maximum Gasteiger partial charge on any atom is 0.271 e. The largest absolute Gasteiger partial charge is 0.466 e. The molecule has 1 saturated heterocycles. The van der Waals surface area contributed by atoms with Gasteiger partial charge in [-0.3, -0.25) is 0 Å². The predicted octanol–water partition coefficient (Wildman–Crippen LogP) is 3.48. The van der Waals surface area contributed by atoms with Gasteiger partial charge in [-0.05, 0) is 31.3 Å². The van der Waals surface area contributed by atoms with Gasteiger partial charge in [0.1, 0.15) is 0 Å². The maximum absolute atomic E-state index is 5.39. The molecule has 86 valence electrons. The highest BCUT2D eigenvalue weighted by atomic mass is 16.7. The SMILES string of the molecule is C=C1OCCC(C2CCCCC2)CCO1. The second-order valence-electron chi connectivity index (χ2n) is 4.80. The van der Waals surface area contributed by atoms with E-state index in [0.29, 0.717) is 5.95 Å². The predicted molar refractivity (Wildman–Crippen MR) is 60.3 cm³/mol. The normalized spacial score (nSPS) is 26.3. The van der Waals surface area contributed by atoms with E-state index in [1.165, 1.54) is 44.9 Å². The Morgan fingerprint density at radius 1 is 0.800 bits per heavy atom. The molecule has 0 aromatic carbocycles. The van der Waals surface area contributed by atoms with Crippen molar-refractivity contribution in [3.63, 3.8) is 0 Å². The molecule has 0 spiro atoms. The summed E-state index contributed by atoms with van der Waals surface area (Å²) in [6, 6.07) is 0. The molecule has 1 heterocycles. The van der Waals surface area contributed by atoms with Gasteiger partial charge >= 0.3 is 0 Å². The summed E-state index contributed by atoms with van der Waals surface area (Å²) in [5, 5.41) is 0. The lowest BCUT2D eigenvalue weighted by Gasteiger charge is -2.31. The second kappa shape index (κ2) is 5.43. The Labute approximate surface area is 92.6 Å². The van der Waals surface area contributed by atoms with E-state index < -0.39 is 0 Å². The van der Waals surface area contributed by atoms with Crippen LogP contribution in [0.2, 0.25) is 0 Å². The van der Waals surface area contributed by atoms with Gasteiger partial charge in [-0.2, -0.15) is 0 Å². The summed E-state index contributed by atoms with van der Waals surface area (Å²) in [7, 11) is 0. The first-order valence-electron chi connectivity index (χ1n) is 6.31. The van der Waals surface area contributed by atoms with Crippen LogP contribution in [0.5, 0.6) is 0 Å². The molecule has 0 aromatic heterocycles. The zero-order valence-corrected chi connectivity index (χ0v) is 9.54. The molecule has 0 atom stereocenters. The van der Waals surface area contributed by atoms with E-state index >= 15 is 0 Å². The van der Waals surface area contributed by atoms with Crippen molar-refractivity contribution in [2.24, 2.45) is 11.8 Å². The molecular formula is C13H22O2. The third-order valence-electron chi connectivity index (χ3n) is 3.82. The van der Waals surface area contributed by atoms with Gasteiger partial charge in [0.15, 0.2) is 0 Å². The summed E-state index contributed by atoms with van der Waals surface area (Å²) in [4.78, 5) is 0. The highest BCUT2D eigenvalue weighted by Gasteiger charge is 2.24. The molecule has 1 aliphatic carbocycles. The van der Waals surface area contributed by atoms with E-state index in [9.17, 15) is 0 Å². The summed E-state index contributed by atoms with van der Waals surface area (Å²) in [5.74, 6) is 2.26. The second-order valence-corrected chi connectivity index (χ2v) is 4.80. The van der Waals surface area contributed by atoms with Gasteiger partial charge in [-0.15, -0.1) is 0 Å². The lowest BCUT2D eigenvalue weighted by molar-refractivity contribution is -0.00308. The molecule has 2 heteroatoms. The summed E-state index contributed by atoms with van der Waals surface area (Å²) < 4.78 is 10.8. The minimum Gasteiger partial charge on any atom is -0.466 e. The van der Waals surface area contributed by atoms with Crippen LogP contribution in [0.4, 0.5) is 0 Å². The minimum absolute atomic E-state index is 0.511. The van der Waals surface area contributed by atoms with Crippen molar-refractivity contribution in [1.29, 1.82) is 0 Å². The van der Waals surface area contributed by atoms with E-state index in [1.54, 1.807) is 0 Å². The molecule has 0 unspecified atom stereocenters. The van der Waals surface area contributed by atoms with E-state index in [1.807, 2.05) is 0 Å². The monoisotopic (exact) mass is 210 g/mol. The Hall–Kier alpha value is -0.660. The van der Waals surface area contributed by atoms with Crippen LogP contribution < -0.4 is 0 Å². The minimum atomic E-state index is 0.511. The van der Waals surface area contributed by atoms with E-state index in [-0.39, 0.29) is 0 Å². The van der Waals surface area contributed by atoms with Crippen molar-refractivity contribution >= 4 is 0 Å². The van der Waals surface area contributed by atoms with Crippen molar-refractivity contribution in [3.05, 3.63) is 12.5 Å². The Balaban J connectivity index is 1.82. The van der Waals surface area contributed by atoms with Crippen LogP contribution in [0.1, 0.15) is 44.9 Å². The van der Waals surface area contributed by atoms with E-state index in [2.05, 4.69) is 6.58 Å². The van der Waals surface area contributed by atoms with Crippen molar-refractivity contribution in [1.82, 2.24) is 0 Å². The molecule has 0 radical (unpaired) electrons. The van der Waals surface area contributed by atoms with E-state index in [4.69, 9.17) is 9.47 Å². The first-order chi connectivity index (χ1) is 7.36. The zero-order valence-electron chi connectivity index (χ0n) is 9.54. The third-order valence-corrected chi connectivity index (χ3v) is 3.82. The number of rotatable bonds is 1. The molecule has 0 amide bonds. The standard InChI is InChI=1S/C13H22O2/c1-11-14-9-7-13(8-10-15-11)12-5-3-2-4-6-12/h12-13H,1-10H2. The highest BCUT2D eigenvalue weighted by molar-refractivity contribution is 4.78. The Bertz CT molecular complexity index is 195. The first kappa shape index (κ1) is 10.8. The van der Waals surface area contributed by atoms with E-state index in [0.717, 1.165) is 25.0 Å². The lowest BCUT2D eigenvalue weighted by atomic mass is 9.77. The average molecular weight is 210 g/mol. The Morgan fingerprint density at radius 2 is 1.33 bits per heavy atom. The van der Waals surface area contributed by atoms with Gasteiger partial charge in [0.25, 0.3) is 5.95 Å². The number of ether oxygens (including phenoxy) is 2. The quantitative estimate of drug-likeness (QED) is 0.659. The topological polar surface area (TPSA) is 18.5 Å². The van der Waals surface area contributed by atoms with Crippen LogP contribution in [-0.4, -0.2) is 13.2 Å².